The zero-order valence-electron chi connectivity index (χ0n) is 38.1. The van der Waals surface area contributed by atoms with Crippen LogP contribution in [0.5, 0.6) is 0 Å². The molecule has 18 heteroatoms. The summed E-state index contributed by atoms with van der Waals surface area (Å²) >= 11 is 0. The van der Waals surface area contributed by atoms with Gasteiger partial charge >= 0.3 is 0 Å². The van der Waals surface area contributed by atoms with Gasteiger partial charge in [0.05, 0.1) is 78.1 Å². The molecular weight excluding hydrogens is 883 g/mol. The fourth-order valence-electron chi connectivity index (χ4n) is 6.62. The minimum atomic E-state index is -1.12. The maximum Gasteiger partial charge on any atom is 0.134 e. The highest BCUT2D eigenvalue weighted by molar-refractivity contribution is 5.77. The van der Waals surface area contributed by atoms with Crippen molar-refractivity contribution in [3.63, 3.8) is 0 Å². The molecule has 0 aliphatic heterocycles. The monoisotopic (exact) mass is 933 g/mol. The van der Waals surface area contributed by atoms with E-state index in [1.54, 1.807) is 32.6 Å². The van der Waals surface area contributed by atoms with Gasteiger partial charge in [0.15, 0.2) is 0 Å². The molecule has 0 unspecified atom stereocenters. The molecule has 0 atom stereocenters. The van der Waals surface area contributed by atoms with Gasteiger partial charge in [-0.1, -0.05) is 68.9 Å². The maximum atomic E-state index is 5.84. The lowest BCUT2D eigenvalue weighted by atomic mass is 9.99. The first-order chi connectivity index (χ1) is 33.8. The van der Waals surface area contributed by atoms with Crippen LogP contribution in [0.3, 0.4) is 0 Å². The molecule has 0 radical (unpaired) electrons. The van der Waals surface area contributed by atoms with Crippen LogP contribution in [0.1, 0.15) is 0 Å². The molecule has 4 rings (SSSR count). The molecule has 0 spiro atoms. The predicted molar refractivity (Wildman–Crippen MR) is 254 cm³/mol. The van der Waals surface area contributed by atoms with Gasteiger partial charge in [-0.25, -0.2) is 14.0 Å². The molecule has 0 aliphatic carbocycles. The topological polar surface area (TPSA) is 175 Å². The highest BCUT2D eigenvalue weighted by Gasteiger charge is 2.38. The van der Waals surface area contributed by atoms with Gasteiger partial charge in [0, 0.05) is 16.7 Å². The maximum absolute atomic E-state index is 5.84. The van der Waals surface area contributed by atoms with Crippen LogP contribution >= 0.6 is 0 Å². The Morgan fingerprint density at radius 2 is 0.493 bits per heavy atom. The molecular formula is C51H51N9O9. The summed E-state index contributed by atoms with van der Waals surface area (Å²) in [5.41, 5.74) is -0.491. The number of terminal acetylenes is 9. The SMILES string of the molecule is C#CCOCC(COCC#C)(COCC#C)n1cc(-c2cc(-c3cn(C(COCC#C)(COCC#C)COCC#C)nn3)cc(-c3cn(C(COCC#C)(COCC#C)COCC#C)nn3)c2)nn1. The van der Waals surface area contributed by atoms with Crippen LogP contribution in [0.4, 0.5) is 0 Å². The van der Waals surface area contributed by atoms with E-state index in [4.69, 9.17) is 100 Å². The van der Waals surface area contributed by atoms with E-state index < -0.39 is 16.6 Å². The lowest BCUT2D eigenvalue weighted by Gasteiger charge is -2.32. The Morgan fingerprint density at radius 1 is 0.319 bits per heavy atom. The largest absolute Gasteiger partial charge is 0.366 e. The number of hydrogen-bond donors (Lipinski definition) is 0. The fraction of sp³-hybridized carbons (Fsp3) is 0.412. The Balaban J connectivity index is 1.97. The quantitative estimate of drug-likeness (QED) is 0.0495. The molecule has 0 saturated carbocycles. The van der Waals surface area contributed by atoms with Gasteiger partial charge in [-0.3, -0.25) is 0 Å². The van der Waals surface area contributed by atoms with Crippen molar-refractivity contribution in [1.29, 1.82) is 0 Å². The first kappa shape index (κ1) is 53.9. The van der Waals surface area contributed by atoms with E-state index in [1.807, 2.05) is 18.2 Å². The van der Waals surface area contributed by atoms with E-state index in [1.165, 1.54) is 0 Å². The molecule has 0 amide bonds. The van der Waals surface area contributed by atoms with Crippen molar-refractivity contribution in [1.82, 2.24) is 45.0 Å². The van der Waals surface area contributed by atoms with Gasteiger partial charge in [0.25, 0.3) is 0 Å². The number of hydrogen-bond acceptors (Lipinski definition) is 15. The lowest BCUT2D eigenvalue weighted by Crippen LogP contribution is -2.48. The summed E-state index contributed by atoms with van der Waals surface area (Å²) in [6.45, 7) is -0.0749. The third kappa shape index (κ3) is 15.4. The molecule has 0 N–H and O–H groups in total. The van der Waals surface area contributed by atoms with Crippen molar-refractivity contribution in [2.24, 2.45) is 0 Å². The summed E-state index contributed by atoms with van der Waals surface area (Å²) in [5.74, 6) is 22.2. The second kappa shape index (κ2) is 29.2. The lowest BCUT2D eigenvalue weighted by molar-refractivity contribution is -0.0523. The average molecular weight is 934 g/mol. The van der Waals surface area contributed by atoms with Crippen molar-refractivity contribution in [3.8, 4) is 145 Å². The second-order valence-corrected chi connectivity index (χ2v) is 14.9. The third-order valence-corrected chi connectivity index (χ3v) is 9.76. The van der Waals surface area contributed by atoms with Crippen LogP contribution in [0.15, 0.2) is 36.8 Å². The standard InChI is InChI=1S/C51H51N9O9/c1-10-19-61-34-49(35-62-20-11-2,36-63-21-12-3)58-31-46(52-55-58)43-28-44(47-32-59(56-53-47)50(37-64-22-13-4,38-65-23-14-5)39-66-24-15-6)30-45(29-43)48-33-60(57-54-48)51(40-67-25-16-7,41-68-26-17-8)42-69-27-18-9/h1-9,28-33H,19-27,34-42H2. The summed E-state index contributed by atoms with van der Waals surface area (Å²) in [5, 5.41) is 27.4. The molecule has 18 nitrogen and oxygen atoms in total. The molecule has 0 saturated heterocycles. The van der Waals surface area contributed by atoms with Crippen LogP contribution in [0.2, 0.25) is 0 Å². The van der Waals surface area contributed by atoms with E-state index in [-0.39, 0.29) is 119 Å². The number of ether oxygens (including phenoxy) is 9. The minimum Gasteiger partial charge on any atom is -0.366 e. The molecule has 1 aromatic carbocycles. The summed E-state index contributed by atoms with van der Waals surface area (Å²) in [4.78, 5) is 0. The van der Waals surface area contributed by atoms with Gasteiger partial charge in [0.1, 0.15) is 93.2 Å². The summed E-state index contributed by atoms with van der Waals surface area (Å²) in [7, 11) is 0. The van der Waals surface area contributed by atoms with Crippen molar-refractivity contribution in [3.05, 3.63) is 36.8 Å². The van der Waals surface area contributed by atoms with Gasteiger partial charge < -0.3 is 42.6 Å². The first-order valence-electron chi connectivity index (χ1n) is 20.8. The number of aromatic nitrogens is 9. The molecule has 0 fully saturated rings. The summed E-state index contributed by atoms with van der Waals surface area (Å²) in [6.07, 6.45) is 54.9. The molecule has 3 heterocycles. The zero-order chi connectivity index (χ0) is 49.6. The predicted octanol–water partition coefficient (Wildman–Crippen LogP) is 1.40. The molecule has 354 valence electrons. The molecule has 0 aliphatic rings. The summed E-state index contributed by atoms with van der Waals surface area (Å²) in [6, 6.07) is 5.53. The summed E-state index contributed by atoms with van der Waals surface area (Å²) < 4.78 is 57.3. The highest BCUT2D eigenvalue weighted by Crippen LogP contribution is 2.33. The fourth-order valence-corrected chi connectivity index (χ4v) is 6.62. The zero-order valence-corrected chi connectivity index (χ0v) is 38.1. The molecule has 3 aromatic heterocycles. The van der Waals surface area contributed by atoms with E-state index in [0.29, 0.717) is 33.8 Å². The van der Waals surface area contributed by atoms with E-state index in [2.05, 4.69) is 84.2 Å². The van der Waals surface area contributed by atoms with Crippen molar-refractivity contribution in [2.45, 2.75) is 16.6 Å². The van der Waals surface area contributed by atoms with E-state index >= 15 is 0 Å². The van der Waals surface area contributed by atoms with Crippen LogP contribution in [0, 0.1) is 111 Å². The number of rotatable bonds is 33. The smallest absolute Gasteiger partial charge is 0.134 e. The second-order valence-electron chi connectivity index (χ2n) is 14.9. The first-order valence-corrected chi connectivity index (χ1v) is 20.8. The van der Waals surface area contributed by atoms with Gasteiger partial charge in [-0.2, -0.15) is 0 Å². The Labute approximate surface area is 403 Å². The minimum absolute atomic E-state index is 0.00150. The van der Waals surface area contributed by atoms with Gasteiger partial charge in [-0.05, 0) is 18.2 Å². The highest BCUT2D eigenvalue weighted by atomic mass is 16.5. The number of nitrogens with zero attached hydrogens (tertiary/aromatic N) is 9. The van der Waals surface area contributed by atoms with Crippen LogP contribution in [0.25, 0.3) is 33.8 Å². The number of benzene rings is 1. The van der Waals surface area contributed by atoms with Crippen LogP contribution in [-0.4, -0.2) is 164 Å². The van der Waals surface area contributed by atoms with E-state index in [0.717, 1.165) is 0 Å². The van der Waals surface area contributed by atoms with Crippen molar-refractivity contribution in [2.75, 3.05) is 119 Å². The molecule has 4 aromatic rings. The molecule has 69 heavy (non-hydrogen) atoms. The van der Waals surface area contributed by atoms with Crippen molar-refractivity contribution < 1.29 is 42.6 Å². The Hall–Kier alpha value is -7.68. The van der Waals surface area contributed by atoms with Gasteiger partial charge in [-0.15, -0.1) is 73.1 Å². The normalized spacial score (nSPS) is 11.2. The Morgan fingerprint density at radius 3 is 0.652 bits per heavy atom. The third-order valence-electron chi connectivity index (χ3n) is 9.76. The Kier molecular flexibility index (Phi) is 22.8. The van der Waals surface area contributed by atoms with E-state index in [9.17, 15) is 0 Å². The van der Waals surface area contributed by atoms with Crippen molar-refractivity contribution >= 4 is 0 Å². The average Bonchev–Trinajstić information content (AvgIpc) is 4.18. The van der Waals surface area contributed by atoms with Crippen LogP contribution < -0.4 is 0 Å². The van der Waals surface area contributed by atoms with Crippen LogP contribution in [-0.2, 0) is 59.2 Å². The van der Waals surface area contributed by atoms with Gasteiger partial charge in [0.2, 0.25) is 0 Å². The Bertz CT molecular complexity index is 2190. The molecule has 0 bridgehead atoms.